The number of nitrogens with zero attached hydrogens (tertiary/aromatic N) is 4. The fraction of sp³-hybridized carbons (Fsp3) is 0.364. The molecular weight excluding hydrogens is 252 g/mol. The van der Waals surface area contributed by atoms with Gasteiger partial charge in [-0.2, -0.15) is 4.98 Å². The second kappa shape index (κ2) is 4.63. The van der Waals surface area contributed by atoms with Crippen molar-refractivity contribution in [3.8, 4) is 0 Å². The van der Waals surface area contributed by atoms with Crippen LogP contribution in [0, 0.1) is 6.92 Å². The van der Waals surface area contributed by atoms with Crippen molar-refractivity contribution in [1.29, 1.82) is 0 Å². The van der Waals surface area contributed by atoms with Gasteiger partial charge < -0.3 is 4.52 Å². The quantitative estimate of drug-likeness (QED) is 0.692. The molecule has 0 spiro atoms. The van der Waals surface area contributed by atoms with Gasteiger partial charge in [0.05, 0.1) is 5.56 Å². The topological polar surface area (TPSA) is 100.0 Å². The molecule has 0 saturated carbocycles. The number of aromatic nitrogens is 4. The minimum Gasteiger partial charge on any atom is -0.337 e. The van der Waals surface area contributed by atoms with Crippen LogP contribution < -0.4 is 11.2 Å². The van der Waals surface area contributed by atoms with Crippen LogP contribution in [0.5, 0.6) is 0 Å². The minimum atomic E-state index is -0.615. The third-order valence-corrected chi connectivity index (χ3v) is 2.61. The number of ketones is 1. The van der Waals surface area contributed by atoms with Crippen molar-refractivity contribution in [1.82, 2.24) is 19.3 Å². The summed E-state index contributed by atoms with van der Waals surface area (Å²) < 4.78 is 6.96. The third kappa shape index (κ3) is 2.37. The van der Waals surface area contributed by atoms with E-state index in [0.29, 0.717) is 5.82 Å². The number of aryl methyl sites for hydroxylation is 1. The largest absolute Gasteiger partial charge is 0.337 e. The number of Topliss-reactive ketones (excluding diaryl/α,β-unsaturated/α-hetero) is 1. The van der Waals surface area contributed by atoms with Gasteiger partial charge in [0.15, 0.2) is 11.6 Å². The molecule has 0 aliphatic rings. The molecule has 0 atom stereocenters. The molecule has 0 bridgehead atoms. The first-order chi connectivity index (χ1) is 8.90. The fourth-order valence-electron chi connectivity index (χ4n) is 1.63. The van der Waals surface area contributed by atoms with Crippen LogP contribution in [0.1, 0.15) is 29.0 Å². The molecule has 8 nitrogen and oxygen atoms in total. The van der Waals surface area contributed by atoms with Crippen molar-refractivity contribution in [2.75, 3.05) is 0 Å². The Labute approximate surface area is 107 Å². The molecule has 2 heterocycles. The van der Waals surface area contributed by atoms with Crippen molar-refractivity contribution in [3.63, 3.8) is 0 Å². The summed E-state index contributed by atoms with van der Waals surface area (Å²) in [6.07, 6.45) is 1.21. The van der Waals surface area contributed by atoms with E-state index >= 15 is 0 Å². The Hall–Kier alpha value is -2.51. The summed E-state index contributed by atoms with van der Waals surface area (Å²) in [5, 5.41) is 3.60. The van der Waals surface area contributed by atoms with Crippen molar-refractivity contribution in [3.05, 3.63) is 44.3 Å². The van der Waals surface area contributed by atoms with Crippen LogP contribution in [0.25, 0.3) is 0 Å². The highest BCUT2D eigenvalue weighted by Gasteiger charge is 2.14. The lowest BCUT2D eigenvalue weighted by Gasteiger charge is -2.06. The number of rotatable bonds is 3. The maximum atomic E-state index is 11.9. The molecule has 2 aromatic rings. The van der Waals surface area contributed by atoms with Gasteiger partial charge in [-0.15, -0.1) is 0 Å². The van der Waals surface area contributed by atoms with Crippen LogP contribution in [0.4, 0.5) is 0 Å². The molecule has 100 valence electrons. The lowest BCUT2D eigenvalue weighted by molar-refractivity contribution is 0.101. The second-order valence-electron chi connectivity index (χ2n) is 4.11. The van der Waals surface area contributed by atoms with Crippen LogP contribution in [0.3, 0.4) is 0 Å². The van der Waals surface area contributed by atoms with E-state index in [1.54, 1.807) is 6.92 Å². The van der Waals surface area contributed by atoms with E-state index in [2.05, 4.69) is 10.1 Å². The number of hydrogen-bond acceptors (Lipinski definition) is 6. The first-order valence-corrected chi connectivity index (χ1v) is 5.50. The number of carbonyl (C=O) groups excluding carboxylic acids is 1. The van der Waals surface area contributed by atoms with Gasteiger partial charge in [-0.1, -0.05) is 5.16 Å². The standard InChI is InChI=1S/C11H12N4O4/c1-6(16)8-4-15(11(18)14(3)10(8)17)5-9-12-7(2)13-19-9/h4H,5H2,1-3H3. The van der Waals surface area contributed by atoms with Crippen LogP contribution in [-0.2, 0) is 13.6 Å². The van der Waals surface area contributed by atoms with Gasteiger partial charge >= 0.3 is 5.69 Å². The summed E-state index contributed by atoms with van der Waals surface area (Å²) in [5.41, 5.74) is -1.22. The summed E-state index contributed by atoms with van der Waals surface area (Å²) >= 11 is 0. The van der Waals surface area contributed by atoms with Gasteiger partial charge in [0.1, 0.15) is 6.54 Å². The van der Waals surface area contributed by atoms with Gasteiger partial charge in [-0.3, -0.25) is 18.7 Å². The van der Waals surface area contributed by atoms with Crippen LogP contribution in [0.15, 0.2) is 20.3 Å². The van der Waals surface area contributed by atoms with E-state index in [4.69, 9.17) is 4.52 Å². The van der Waals surface area contributed by atoms with E-state index in [1.165, 1.54) is 24.7 Å². The molecule has 0 amide bonds. The van der Waals surface area contributed by atoms with Gasteiger partial charge in [-0.25, -0.2) is 4.79 Å². The highest BCUT2D eigenvalue weighted by molar-refractivity contribution is 5.93. The lowest BCUT2D eigenvalue weighted by atomic mass is 10.2. The Morgan fingerprint density at radius 1 is 1.42 bits per heavy atom. The van der Waals surface area contributed by atoms with Gasteiger partial charge in [0, 0.05) is 13.2 Å². The van der Waals surface area contributed by atoms with Gasteiger partial charge in [0.2, 0.25) is 5.89 Å². The highest BCUT2D eigenvalue weighted by atomic mass is 16.5. The maximum Gasteiger partial charge on any atom is 0.331 e. The smallest absolute Gasteiger partial charge is 0.331 e. The Morgan fingerprint density at radius 3 is 2.63 bits per heavy atom. The highest BCUT2D eigenvalue weighted by Crippen LogP contribution is 1.99. The molecule has 0 aromatic carbocycles. The lowest BCUT2D eigenvalue weighted by Crippen LogP contribution is -2.40. The Bertz CT molecular complexity index is 753. The average molecular weight is 264 g/mol. The first-order valence-electron chi connectivity index (χ1n) is 5.50. The molecule has 19 heavy (non-hydrogen) atoms. The Balaban J connectivity index is 2.55. The molecule has 8 heteroatoms. The zero-order valence-corrected chi connectivity index (χ0v) is 10.7. The van der Waals surface area contributed by atoms with Crippen molar-refractivity contribution in [2.45, 2.75) is 20.4 Å². The summed E-state index contributed by atoms with van der Waals surface area (Å²) in [6.45, 7) is 2.92. The number of hydrogen-bond donors (Lipinski definition) is 0. The minimum absolute atomic E-state index is 0.00801. The number of carbonyl (C=O) groups is 1. The van der Waals surface area contributed by atoms with E-state index in [-0.39, 0.29) is 18.0 Å². The van der Waals surface area contributed by atoms with E-state index in [9.17, 15) is 14.4 Å². The molecule has 0 aliphatic carbocycles. The molecule has 2 rings (SSSR count). The summed E-state index contributed by atoms with van der Waals surface area (Å²) in [5.74, 6) is 0.267. The monoisotopic (exact) mass is 264 g/mol. The van der Waals surface area contributed by atoms with Crippen LogP contribution in [0.2, 0.25) is 0 Å². The second-order valence-corrected chi connectivity index (χ2v) is 4.11. The van der Waals surface area contributed by atoms with Crippen LogP contribution >= 0.6 is 0 Å². The molecule has 0 unspecified atom stereocenters. The van der Waals surface area contributed by atoms with E-state index in [0.717, 1.165) is 4.57 Å². The predicted octanol–water partition coefficient (Wildman–Crippen LogP) is -0.511. The molecule has 0 saturated heterocycles. The summed E-state index contributed by atoms with van der Waals surface area (Å²) in [6, 6.07) is 0. The van der Waals surface area contributed by atoms with Crippen molar-refractivity contribution < 1.29 is 9.32 Å². The fourth-order valence-corrected chi connectivity index (χ4v) is 1.63. The van der Waals surface area contributed by atoms with Crippen molar-refractivity contribution in [2.24, 2.45) is 7.05 Å². The molecular formula is C11H12N4O4. The first kappa shape index (κ1) is 12.9. The predicted molar refractivity (Wildman–Crippen MR) is 64.1 cm³/mol. The van der Waals surface area contributed by atoms with Gasteiger partial charge in [-0.05, 0) is 13.8 Å². The normalized spacial score (nSPS) is 10.7. The molecule has 0 fully saturated rings. The summed E-state index contributed by atoms with van der Waals surface area (Å²) in [7, 11) is 1.31. The Kier molecular flexibility index (Phi) is 3.16. The van der Waals surface area contributed by atoms with E-state index in [1.807, 2.05) is 0 Å². The molecule has 2 aromatic heterocycles. The van der Waals surface area contributed by atoms with Crippen LogP contribution in [-0.4, -0.2) is 25.1 Å². The summed E-state index contributed by atoms with van der Waals surface area (Å²) in [4.78, 5) is 38.9. The third-order valence-electron chi connectivity index (χ3n) is 2.61. The molecule has 0 radical (unpaired) electrons. The maximum absolute atomic E-state index is 11.9. The SMILES string of the molecule is CC(=O)c1cn(Cc2nc(C)no2)c(=O)n(C)c1=O. The van der Waals surface area contributed by atoms with E-state index < -0.39 is 17.0 Å². The Morgan fingerprint density at radius 2 is 2.11 bits per heavy atom. The molecule has 0 N–H and O–H groups in total. The molecule has 0 aliphatic heterocycles. The average Bonchev–Trinajstić information content (AvgIpc) is 2.75. The zero-order chi connectivity index (χ0) is 14.2. The zero-order valence-electron chi connectivity index (χ0n) is 10.7. The van der Waals surface area contributed by atoms with Crippen molar-refractivity contribution >= 4 is 5.78 Å². The van der Waals surface area contributed by atoms with Gasteiger partial charge in [0.25, 0.3) is 5.56 Å².